The molecule has 0 aliphatic heterocycles. The van der Waals surface area contributed by atoms with Crippen molar-refractivity contribution in [3.63, 3.8) is 0 Å². The van der Waals surface area contributed by atoms with Gasteiger partial charge < -0.3 is 13.3 Å². The molecule has 618 valence electrons. The van der Waals surface area contributed by atoms with Crippen molar-refractivity contribution in [2.24, 2.45) is 0 Å². The van der Waals surface area contributed by atoms with Crippen LogP contribution in [0.5, 0.6) is 0 Å². The largest absolute Gasteiger partial charge is 0.455 e. The summed E-state index contributed by atoms with van der Waals surface area (Å²) in [5.41, 5.74) is 6.68. The Labute approximate surface area is 821 Å². The van der Waals surface area contributed by atoms with Gasteiger partial charge in [0.05, 0.1) is 53.5 Å². The number of hydrogen-bond donors (Lipinski definition) is 0. The van der Waals surface area contributed by atoms with Crippen molar-refractivity contribution in [3.8, 4) is 100 Å². The highest BCUT2D eigenvalue weighted by molar-refractivity contribution is 6.31. The third-order valence-electron chi connectivity index (χ3n) is 24.9. The molecule has 0 bridgehead atoms. The van der Waals surface area contributed by atoms with Crippen LogP contribution in [-0.4, -0.2) is 0 Å². The molecule has 3 aromatic heterocycles. The molecule has 133 heavy (non-hydrogen) atoms. The number of furan rings is 3. The van der Waals surface area contributed by atoms with Gasteiger partial charge >= 0.3 is 0 Å². The summed E-state index contributed by atoms with van der Waals surface area (Å²) in [5, 5.41) is 9.26. The Morgan fingerprint density at radius 2 is 0.421 bits per heavy atom. The summed E-state index contributed by atoms with van der Waals surface area (Å²) < 4.78 is 366. The smallest absolute Gasteiger partial charge is 0.143 e. The highest BCUT2D eigenvalue weighted by atomic mass is 16.3. The maximum Gasteiger partial charge on any atom is 0.143 e. The lowest BCUT2D eigenvalue weighted by molar-refractivity contribution is 0.669. The van der Waals surface area contributed by atoms with Gasteiger partial charge in [0.2, 0.25) is 0 Å². The van der Waals surface area contributed by atoms with Gasteiger partial charge in [-0.25, -0.2) is 0 Å². The lowest BCUT2D eigenvalue weighted by atomic mass is 9.85. The molecule has 0 aliphatic carbocycles. The van der Waals surface area contributed by atoms with Gasteiger partial charge in [0, 0.05) is 49.0 Å². The zero-order valence-electron chi connectivity index (χ0n) is 108. The standard InChI is InChI=1S/C46H28O.2C42H26O/c1-2-14-29(15-3-1)43-34-20-8-10-22-36(34)44(37-23-11-9-21-35(37)43)39-25-13-27-42-45(39)40-26-12-24-38(46(40)47-42)41-28-30-16-4-5-17-31(30)32-18-6-7-19-33(32)41;1-2-14-28(15-3-1)39-31-18-6-8-20-33(31)40(34-21-9-7-19-32(34)39)36-24-12-26-38-41(36)37-25-11-23-35(42(37)43-38)30-22-10-16-27-13-4-5-17-29(27)30;1-2-13-28(14-3-1)39-32-16-6-8-18-34(32)40(35-19-9-7-17-33(35)39)36-21-11-23-38-41(36)37-22-10-20-31(42(37)43-38)30-25-24-27-12-4-5-15-29(27)26-30/h1-28H;2*1-26H/i1D,2D,3D,8D,9D,10D,11D,14D,15D,20D,21D,22D,23D;1D,2D,3D,6D,7D,8D,9D,14D,15D,18D,19D,20D,21D;1D,2D,3D,6D,7D,8D,9D,13D,14D,16D,17D,18D,19D. The van der Waals surface area contributed by atoms with E-state index in [0.717, 1.165) is 76.5 Å². The molecule has 3 nitrogen and oxygen atoms in total. The molecule has 3 heteroatoms. The van der Waals surface area contributed by atoms with Crippen LogP contribution in [0.1, 0.15) is 53.5 Å². The first kappa shape index (κ1) is 47.0. The van der Waals surface area contributed by atoms with Crippen LogP contribution in [0.3, 0.4) is 0 Å². The molecule has 0 spiro atoms. The van der Waals surface area contributed by atoms with E-state index in [-0.39, 0.29) is 98.0 Å². The lowest BCUT2D eigenvalue weighted by Gasteiger charge is -2.18. The van der Waals surface area contributed by atoms with E-state index in [1.54, 1.807) is 54.6 Å². The summed E-state index contributed by atoms with van der Waals surface area (Å²) in [6, 6.07) is 53.5. The number of hydrogen-bond acceptors (Lipinski definition) is 3. The van der Waals surface area contributed by atoms with E-state index in [9.17, 15) is 16.4 Å². The van der Waals surface area contributed by atoms with Gasteiger partial charge in [-0.3, -0.25) is 0 Å². The molecule has 0 saturated heterocycles. The quantitative estimate of drug-likeness (QED) is 0.107. The minimum atomic E-state index is -0.720. The van der Waals surface area contributed by atoms with Gasteiger partial charge in [0.15, 0.2) is 0 Å². The predicted octanol–water partition coefficient (Wildman–Crippen LogP) is 37.3. The second kappa shape index (κ2) is 31.8. The molecule has 28 aromatic rings. The van der Waals surface area contributed by atoms with Crippen LogP contribution < -0.4 is 0 Å². The fourth-order valence-electron chi connectivity index (χ4n) is 19.5. The lowest BCUT2D eigenvalue weighted by Crippen LogP contribution is -1.91. The molecule has 0 aliphatic rings. The van der Waals surface area contributed by atoms with Crippen LogP contribution in [-0.2, 0) is 0 Å². The maximum atomic E-state index is 9.42. The summed E-state index contributed by atoms with van der Waals surface area (Å²) in [4.78, 5) is 0. The van der Waals surface area contributed by atoms with Crippen LogP contribution in [0.25, 0.3) is 274 Å². The minimum Gasteiger partial charge on any atom is -0.455 e. The second-order valence-corrected chi connectivity index (χ2v) is 31.9. The van der Waals surface area contributed by atoms with E-state index >= 15 is 0 Å². The van der Waals surface area contributed by atoms with Crippen molar-refractivity contribution in [1.82, 2.24) is 0 Å². The van der Waals surface area contributed by atoms with E-state index in [4.69, 9.17) is 50.3 Å². The first-order chi connectivity index (χ1) is 82.2. The Kier molecular flexibility index (Phi) is 11.2. The van der Waals surface area contributed by atoms with Crippen LogP contribution in [0.15, 0.2) is 498 Å². The van der Waals surface area contributed by atoms with Crippen molar-refractivity contribution >= 4 is 174 Å². The monoisotopic (exact) mass is 1730 g/mol. The fraction of sp³-hybridized carbons (Fsp3) is 0. The van der Waals surface area contributed by atoms with Gasteiger partial charge in [-0.05, 0) is 222 Å². The molecule has 0 amide bonds. The fourth-order valence-corrected chi connectivity index (χ4v) is 19.5. The zero-order valence-corrected chi connectivity index (χ0v) is 69.4. The van der Waals surface area contributed by atoms with Crippen molar-refractivity contribution in [3.05, 3.63) is 484 Å². The number of rotatable bonds is 9. The van der Waals surface area contributed by atoms with Gasteiger partial charge in [-0.15, -0.1) is 0 Å². The van der Waals surface area contributed by atoms with Crippen molar-refractivity contribution in [2.45, 2.75) is 0 Å². The van der Waals surface area contributed by atoms with Crippen molar-refractivity contribution in [2.75, 3.05) is 0 Å². The van der Waals surface area contributed by atoms with Crippen LogP contribution >= 0.6 is 0 Å². The van der Waals surface area contributed by atoms with E-state index in [1.807, 2.05) is 158 Å². The van der Waals surface area contributed by atoms with Crippen LogP contribution in [0.4, 0.5) is 0 Å². The van der Waals surface area contributed by atoms with Gasteiger partial charge in [0.25, 0.3) is 0 Å². The van der Waals surface area contributed by atoms with E-state index in [1.165, 1.54) is 0 Å². The first-order valence-electron chi connectivity index (χ1n) is 62.1. The normalized spacial score (nSPS) is 15.9. The topological polar surface area (TPSA) is 39.4 Å². The third kappa shape index (κ3) is 12.6. The summed E-state index contributed by atoms with van der Waals surface area (Å²) in [6.45, 7) is 0. The average molecular weight is 1730 g/mol. The molecule has 0 radical (unpaired) electrons. The van der Waals surface area contributed by atoms with Gasteiger partial charge in [-0.2, -0.15) is 0 Å². The van der Waals surface area contributed by atoms with Crippen LogP contribution in [0, 0.1) is 0 Å². The molecule has 25 aromatic carbocycles. The average Bonchev–Trinajstić information content (AvgIpc) is 1.00. The van der Waals surface area contributed by atoms with E-state index in [0.29, 0.717) is 82.5 Å². The highest BCUT2D eigenvalue weighted by Crippen LogP contribution is 2.54. The highest BCUT2D eigenvalue weighted by Gasteiger charge is 2.28. The molecule has 3 heterocycles. The molecular weight excluding hydrogens is 1610 g/mol. The molecule has 0 fully saturated rings. The first-order valence-corrected chi connectivity index (χ1v) is 42.6. The summed E-state index contributed by atoms with van der Waals surface area (Å²) in [6.07, 6.45) is 0. The van der Waals surface area contributed by atoms with Crippen LogP contribution in [0.2, 0.25) is 0 Å². The Bertz CT molecular complexity index is 11900. The maximum absolute atomic E-state index is 9.42. The Morgan fingerprint density at radius 1 is 0.143 bits per heavy atom. The molecule has 0 N–H and O–H groups in total. The molecule has 28 rings (SSSR count). The summed E-state index contributed by atoms with van der Waals surface area (Å²) in [5.74, 6) is 0. The molecule has 0 atom stereocenters. The Hall–Kier alpha value is -17.5. The third-order valence-corrected chi connectivity index (χ3v) is 24.9. The van der Waals surface area contributed by atoms with Crippen molar-refractivity contribution < 1.29 is 66.7 Å². The van der Waals surface area contributed by atoms with Gasteiger partial charge in [-0.1, -0.05) is 454 Å². The second-order valence-electron chi connectivity index (χ2n) is 31.9. The number of para-hydroxylation sites is 3. The minimum absolute atomic E-state index is 0.0463. The Balaban J connectivity index is 0.000000125. The predicted molar refractivity (Wildman–Crippen MR) is 565 cm³/mol. The van der Waals surface area contributed by atoms with E-state index < -0.39 is 252 Å². The summed E-state index contributed by atoms with van der Waals surface area (Å²) >= 11 is 0. The van der Waals surface area contributed by atoms with Crippen molar-refractivity contribution in [1.29, 1.82) is 0 Å². The summed E-state index contributed by atoms with van der Waals surface area (Å²) in [7, 11) is 0. The van der Waals surface area contributed by atoms with E-state index in [2.05, 4.69) is 36.4 Å². The zero-order chi connectivity index (χ0) is 121. The Morgan fingerprint density at radius 3 is 0.835 bits per heavy atom. The number of benzene rings is 25. The molecule has 0 unspecified atom stereocenters. The SMILES string of the molecule is [2H]c1c([2H])c([2H])c(-c2c3c([2H])c([2H])c([2H])c([2H])c3c(-c3cccc4oc5c(-c6cc7ccccc7c7ccccc67)cccc5c34)c3c([2H])c([2H])c([2H])c([2H])c23)c([2H])c1[2H].[2H]c1c([2H])c([2H])c(-c2c3c([2H])c([2H])c([2H])c([2H])c3c(-c3cccc4oc5c(-c6ccc7ccccc7c6)cccc5c34)c3c([2H])c([2H])c([2H])c([2H])c23)c([2H])c1[2H].[2H]c1c([2H])c([2H])c(-c2c3c([2H])c([2H])c([2H])c([2H])c3c(-c3cccc4oc5c(-c6cccc7ccccc67)cccc5c34)c3c([2H])c([2H])c([2H])c([2H])c23)c([2H])c1[2H]. The number of fused-ring (bicyclic) bond motifs is 20. The molecular formula is C130H80O3. The molecule has 0 saturated carbocycles. The van der Waals surface area contributed by atoms with Gasteiger partial charge in [0.1, 0.15) is 33.5 Å².